The molecular weight excluding hydrogens is 264 g/mol. The average molecular weight is 286 g/mol. The van der Waals surface area contributed by atoms with Crippen LogP contribution in [0.25, 0.3) is 0 Å². The monoisotopic (exact) mass is 286 g/mol. The number of rotatable bonds is 5. The average Bonchev–Trinajstić information content (AvgIpc) is 2.46. The Hall–Kier alpha value is -2.03. The lowest BCUT2D eigenvalue weighted by atomic mass is 9.83. The summed E-state index contributed by atoms with van der Waals surface area (Å²) in [6.45, 7) is 6.87. The molecule has 112 valence electrons. The molecule has 0 bridgehead atoms. The van der Waals surface area contributed by atoms with E-state index >= 15 is 0 Å². The second-order valence-electron chi connectivity index (χ2n) is 5.32. The van der Waals surface area contributed by atoms with Gasteiger partial charge in [-0.15, -0.1) is 0 Å². The first-order valence-electron chi connectivity index (χ1n) is 7.35. The van der Waals surface area contributed by atoms with E-state index in [2.05, 4.69) is 0 Å². The molecule has 2 unspecified atom stereocenters. The first-order chi connectivity index (χ1) is 10.1. The van der Waals surface area contributed by atoms with Gasteiger partial charge in [0.1, 0.15) is 12.4 Å². The van der Waals surface area contributed by atoms with Crippen LogP contribution in [0.4, 0.5) is 0 Å². The molecule has 1 aliphatic rings. The van der Waals surface area contributed by atoms with Gasteiger partial charge in [-0.05, 0) is 37.5 Å². The number of ether oxygens (including phenoxy) is 2. The van der Waals surface area contributed by atoms with E-state index in [-0.39, 0.29) is 17.8 Å². The van der Waals surface area contributed by atoms with Gasteiger partial charge in [-0.2, -0.15) is 0 Å². The summed E-state index contributed by atoms with van der Waals surface area (Å²) in [7, 11) is 0. The van der Waals surface area contributed by atoms with Crippen LogP contribution < -0.4 is 0 Å². The fourth-order valence-electron chi connectivity index (χ4n) is 2.61. The van der Waals surface area contributed by atoms with Crippen molar-refractivity contribution in [3.8, 4) is 0 Å². The van der Waals surface area contributed by atoms with E-state index in [9.17, 15) is 4.79 Å². The van der Waals surface area contributed by atoms with Gasteiger partial charge in [0.25, 0.3) is 0 Å². The molecule has 3 heteroatoms. The van der Waals surface area contributed by atoms with Crippen LogP contribution in [-0.2, 0) is 20.9 Å². The summed E-state index contributed by atoms with van der Waals surface area (Å²) in [6, 6.07) is 9.73. The largest absolute Gasteiger partial charge is 0.494 e. The van der Waals surface area contributed by atoms with E-state index in [1.54, 1.807) is 0 Å². The molecule has 0 N–H and O–H groups in total. The zero-order valence-electron chi connectivity index (χ0n) is 12.8. The van der Waals surface area contributed by atoms with Crippen LogP contribution in [0, 0.1) is 11.8 Å². The second-order valence-corrected chi connectivity index (χ2v) is 5.32. The maximum absolute atomic E-state index is 12.3. The molecule has 0 aromatic heterocycles. The Morgan fingerprint density at radius 2 is 1.95 bits per heavy atom. The standard InChI is InChI=1S/C18H22O3/c1-4-20-16-10-13(2)17(14(3)11-16)18(19)21-12-15-8-6-5-7-9-15/h5-11,13,17H,4,12H2,1-3H3. The molecule has 1 aromatic rings. The third kappa shape index (κ3) is 3.97. The Balaban J connectivity index is 1.98. The number of hydrogen-bond acceptors (Lipinski definition) is 3. The minimum atomic E-state index is -0.224. The lowest BCUT2D eigenvalue weighted by Gasteiger charge is -2.25. The minimum Gasteiger partial charge on any atom is -0.494 e. The molecule has 0 saturated heterocycles. The third-order valence-electron chi connectivity index (χ3n) is 3.60. The highest BCUT2D eigenvalue weighted by atomic mass is 16.5. The Bertz CT molecular complexity index is 543. The summed E-state index contributed by atoms with van der Waals surface area (Å²) >= 11 is 0. The number of carbonyl (C=O) groups excluding carboxylic acids is 1. The maximum Gasteiger partial charge on any atom is 0.314 e. The number of allylic oxidation sites excluding steroid dienone is 2. The lowest BCUT2D eigenvalue weighted by molar-refractivity contribution is -0.149. The van der Waals surface area contributed by atoms with Crippen molar-refractivity contribution >= 4 is 5.97 Å². The highest BCUT2D eigenvalue weighted by molar-refractivity contribution is 5.77. The first kappa shape index (κ1) is 15.4. The predicted molar refractivity (Wildman–Crippen MR) is 82.4 cm³/mol. The number of benzene rings is 1. The van der Waals surface area contributed by atoms with Gasteiger partial charge in [-0.1, -0.05) is 42.8 Å². The van der Waals surface area contributed by atoms with Crippen molar-refractivity contribution < 1.29 is 14.3 Å². The first-order valence-corrected chi connectivity index (χ1v) is 7.35. The van der Waals surface area contributed by atoms with E-state index in [1.807, 2.05) is 63.3 Å². The highest BCUT2D eigenvalue weighted by Crippen LogP contribution is 2.30. The predicted octanol–water partition coefficient (Wildman–Crippen LogP) is 3.86. The van der Waals surface area contributed by atoms with Gasteiger partial charge >= 0.3 is 5.97 Å². The molecule has 1 aliphatic carbocycles. The van der Waals surface area contributed by atoms with Crippen molar-refractivity contribution in [1.82, 2.24) is 0 Å². The van der Waals surface area contributed by atoms with Crippen LogP contribution in [0.1, 0.15) is 26.3 Å². The van der Waals surface area contributed by atoms with Gasteiger partial charge in [0.15, 0.2) is 0 Å². The smallest absolute Gasteiger partial charge is 0.314 e. The molecule has 0 radical (unpaired) electrons. The molecule has 1 aromatic carbocycles. The molecule has 0 fully saturated rings. The summed E-state index contributed by atoms with van der Waals surface area (Å²) in [6.07, 6.45) is 3.92. The zero-order valence-corrected chi connectivity index (χ0v) is 12.8. The molecule has 3 nitrogen and oxygen atoms in total. The summed E-state index contributed by atoms with van der Waals surface area (Å²) in [5.74, 6) is 0.527. The van der Waals surface area contributed by atoms with Gasteiger partial charge in [0.05, 0.1) is 12.5 Å². The Morgan fingerprint density at radius 3 is 2.57 bits per heavy atom. The van der Waals surface area contributed by atoms with Crippen molar-refractivity contribution in [2.75, 3.05) is 6.61 Å². The quantitative estimate of drug-likeness (QED) is 0.771. The molecule has 21 heavy (non-hydrogen) atoms. The number of carbonyl (C=O) groups is 1. The lowest BCUT2D eigenvalue weighted by Crippen LogP contribution is -2.26. The molecule has 0 aliphatic heterocycles. The third-order valence-corrected chi connectivity index (χ3v) is 3.60. The van der Waals surface area contributed by atoms with Gasteiger partial charge < -0.3 is 9.47 Å². The Kier molecular flexibility index (Phi) is 5.20. The summed E-state index contributed by atoms with van der Waals surface area (Å²) in [5, 5.41) is 0. The van der Waals surface area contributed by atoms with E-state index in [4.69, 9.17) is 9.47 Å². The molecule has 2 rings (SSSR count). The van der Waals surface area contributed by atoms with Crippen molar-refractivity contribution in [3.63, 3.8) is 0 Å². The summed E-state index contributed by atoms with van der Waals surface area (Å²) < 4.78 is 11.0. The normalized spacial score (nSPS) is 21.3. The molecule has 2 atom stereocenters. The van der Waals surface area contributed by atoms with E-state index in [1.165, 1.54) is 0 Å². The molecular formula is C18H22O3. The molecule has 0 saturated carbocycles. The van der Waals surface area contributed by atoms with Crippen LogP contribution in [0.15, 0.2) is 53.8 Å². The van der Waals surface area contributed by atoms with Gasteiger partial charge in [0.2, 0.25) is 0 Å². The van der Waals surface area contributed by atoms with Crippen molar-refractivity contribution in [2.45, 2.75) is 27.4 Å². The zero-order chi connectivity index (χ0) is 15.2. The van der Waals surface area contributed by atoms with Crippen molar-refractivity contribution in [2.24, 2.45) is 11.8 Å². The maximum atomic E-state index is 12.3. The van der Waals surface area contributed by atoms with Crippen molar-refractivity contribution in [1.29, 1.82) is 0 Å². The Labute approximate surface area is 126 Å². The second kappa shape index (κ2) is 7.11. The Morgan fingerprint density at radius 1 is 1.24 bits per heavy atom. The van der Waals surface area contributed by atoms with Crippen molar-refractivity contribution in [3.05, 3.63) is 59.4 Å². The van der Waals surface area contributed by atoms with Gasteiger partial charge in [0, 0.05) is 0 Å². The molecule has 0 heterocycles. The fraction of sp³-hybridized carbons (Fsp3) is 0.389. The summed E-state index contributed by atoms with van der Waals surface area (Å²) in [4.78, 5) is 12.3. The highest BCUT2D eigenvalue weighted by Gasteiger charge is 2.30. The van der Waals surface area contributed by atoms with Crippen LogP contribution in [0.3, 0.4) is 0 Å². The molecule has 0 amide bonds. The van der Waals surface area contributed by atoms with E-state index in [0.717, 1.165) is 16.9 Å². The van der Waals surface area contributed by atoms with Gasteiger partial charge in [-0.3, -0.25) is 4.79 Å². The number of hydrogen-bond donors (Lipinski definition) is 0. The minimum absolute atomic E-state index is 0.0832. The molecule has 0 spiro atoms. The van der Waals surface area contributed by atoms with Crippen LogP contribution in [0.2, 0.25) is 0 Å². The topological polar surface area (TPSA) is 35.5 Å². The van der Waals surface area contributed by atoms with Crippen LogP contribution >= 0.6 is 0 Å². The van der Waals surface area contributed by atoms with Crippen LogP contribution in [0.5, 0.6) is 0 Å². The van der Waals surface area contributed by atoms with Crippen LogP contribution in [-0.4, -0.2) is 12.6 Å². The summed E-state index contributed by atoms with van der Waals surface area (Å²) in [5.41, 5.74) is 1.99. The van der Waals surface area contributed by atoms with E-state index < -0.39 is 0 Å². The van der Waals surface area contributed by atoms with E-state index in [0.29, 0.717) is 13.2 Å². The SMILES string of the molecule is CCOC1=CC(C)C(C(=O)OCc2ccccc2)C(C)=C1. The van der Waals surface area contributed by atoms with Gasteiger partial charge in [-0.25, -0.2) is 0 Å². The number of esters is 1. The fourth-order valence-corrected chi connectivity index (χ4v) is 2.61.